The number of anilines is 1. The highest BCUT2D eigenvalue weighted by atomic mass is 15.2. The lowest BCUT2D eigenvalue weighted by molar-refractivity contribution is 0.916. The molecular formula is C9H13N5. The minimum absolute atomic E-state index is 0.721. The van der Waals surface area contributed by atoms with Crippen LogP contribution in [0.1, 0.15) is 5.69 Å². The van der Waals surface area contributed by atoms with Crippen LogP contribution in [0.2, 0.25) is 0 Å². The van der Waals surface area contributed by atoms with Crippen molar-refractivity contribution in [2.24, 2.45) is 7.05 Å². The summed E-state index contributed by atoms with van der Waals surface area (Å²) < 4.78 is 1.90. The van der Waals surface area contributed by atoms with Crippen molar-refractivity contribution >= 4 is 17.1 Å². The van der Waals surface area contributed by atoms with Gasteiger partial charge in [-0.15, -0.1) is 0 Å². The average Bonchev–Trinajstić information content (AvgIpc) is 2.48. The molecule has 74 valence electrons. The summed E-state index contributed by atoms with van der Waals surface area (Å²) in [7, 11) is 5.79. The van der Waals surface area contributed by atoms with E-state index in [0.717, 1.165) is 22.8 Å². The van der Waals surface area contributed by atoms with Crippen LogP contribution >= 0.6 is 0 Å². The Bertz CT molecular complexity index is 471. The molecule has 0 radical (unpaired) electrons. The summed E-state index contributed by atoms with van der Waals surface area (Å²) in [4.78, 5) is 14.9. The molecule has 0 saturated carbocycles. The van der Waals surface area contributed by atoms with E-state index in [1.165, 1.54) is 0 Å². The molecule has 0 spiro atoms. The van der Waals surface area contributed by atoms with Gasteiger partial charge in [0.15, 0.2) is 5.65 Å². The van der Waals surface area contributed by atoms with Crippen LogP contribution < -0.4 is 4.90 Å². The highest BCUT2D eigenvalue weighted by molar-refractivity contribution is 5.74. The summed E-state index contributed by atoms with van der Waals surface area (Å²) in [5, 5.41) is 0. The summed E-state index contributed by atoms with van der Waals surface area (Å²) in [5.41, 5.74) is 2.67. The summed E-state index contributed by atoms with van der Waals surface area (Å²) in [6.45, 7) is 1.95. The predicted octanol–water partition coefficient (Wildman–Crippen LogP) is 0.738. The number of nitrogens with zero attached hydrogens (tertiary/aromatic N) is 5. The number of hydrogen-bond acceptors (Lipinski definition) is 4. The van der Waals surface area contributed by atoms with Crippen LogP contribution in [0.15, 0.2) is 6.33 Å². The van der Waals surface area contributed by atoms with E-state index in [2.05, 4.69) is 15.0 Å². The summed E-state index contributed by atoms with van der Waals surface area (Å²) >= 11 is 0. The molecule has 0 aliphatic heterocycles. The van der Waals surface area contributed by atoms with Gasteiger partial charge in [0.2, 0.25) is 5.95 Å². The molecule has 2 aromatic rings. The molecule has 0 fully saturated rings. The largest absolute Gasteiger partial charge is 0.347 e. The molecule has 0 atom stereocenters. The van der Waals surface area contributed by atoms with Crippen LogP contribution in [-0.2, 0) is 7.05 Å². The van der Waals surface area contributed by atoms with Crippen molar-refractivity contribution in [2.45, 2.75) is 6.92 Å². The topological polar surface area (TPSA) is 46.8 Å². The second-order valence-electron chi connectivity index (χ2n) is 3.53. The Labute approximate surface area is 82.4 Å². The Balaban J connectivity index is 2.75. The van der Waals surface area contributed by atoms with Gasteiger partial charge in [-0.2, -0.15) is 4.98 Å². The quantitative estimate of drug-likeness (QED) is 0.667. The lowest BCUT2D eigenvalue weighted by Gasteiger charge is -2.10. The molecule has 2 aromatic heterocycles. The van der Waals surface area contributed by atoms with Crippen molar-refractivity contribution in [1.82, 2.24) is 19.5 Å². The molecule has 2 heterocycles. The van der Waals surface area contributed by atoms with Gasteiger partial charge in [0, 0.05) is 21.1 Å². The smallest absolute Gasteiger partial charge is 0.227 e. The van der Waals surface area contributed by atoms with Crippen molar-refractivity contribution in [1.29, 1.82) is 0 Å². The molecule has 0 bridgehead atoms. The zero-order valence-corrected chi connectivity index (χ0v) is 8.81. The average molecular weight is 191 g/mol. The first-order valence-corrected chi connectivity index (χ1v) is 4.42. The lowest BCUT2D eigenvalue weighted by Crippen LogP contribution is -2.13. The van der Waals surface area contributed by atoms with Gasteiger partial charge in [-0.3, -0.25) is 0 Å². The van der Waals surface area contributed by atoms with Crippen molar-refractivity contribution in [3.05, 3.63) is 12.0 Å². The number of fused-ring (bicyclic) bond motifs is 1. The number of hydrogen-bond donors (Lipinski definition) is 0. The number of aromatic nitrogens is 4. The summed E-state index contributed by atoms with van der Waals surface area (Å²) in [6, 6.07) is 0. The standard InChI is InChI=1S/C9H13N5/c1-6-7-8(14(4)5-10-7)12-9(11-6)13(2)3/h5H,1-4H3. The monoisotopic (exact) mass is 191 g/mol. The third-order valence-electron chi connectivity index (χ3n) is 2.12. The van der Waals surface area contributed by atoms with Gasteiger partial charge in [0.25, 0.3) is 0 Å². The SMILES string of the molecule is Cc1nc(N(C)C)nc2c1ncn2C. The van der Waals surface area contributed by atoms with E-state index in [1.54, 1.807) is 6.33 Å². The second kappa shape index (κ2) is 2.94. The minimum atomic E-state index is 0.721. The van der Waals surface area contributed by atoms with Crippen LogP contribution in [-0.4, -0.2) is 33.6 Å². The Morgan fingerprint density at radius 1 is 1.29 bits per heavy atom. The van der Waals surface area contributed by atoms with E-state index < -0.39 is 0 Å². The highest BCUT2D eigenvalue weighted by Gasteiger charge is 2.09. The molecule has 0 saturated heterocycles. The van der Waals surface area contributed by atoms with Crippen LogP contribution in [0, 0.1) is 6.92 Å². The Kier molecular flexibility index (Phi) is 1.87. The Hall–Kier alpha value is -1.65. The minimum Gasteiger partial charge on any atom is -0.347 e. The van der Waals surface area contributed by atoms with Crippen molar-refractivity contribution in [2.75, 3.05) is 19.0 Å². The van der Waals surface area contributed by atoms with Crippen molar-refractivity contribution in [3.8, 4) is 0 Å². The van der Waals surface area contributed by atoms with Gasteiger partial charge < -0.3 is 9.47 Å². The zero-order valence-electron chi connectivity index (χ0n) is 8.81. The van der Waals surface area contributed by atoms with Gasteiger partial charge in [-0.25, -0.2) is 9.97 Å². The van der Waals surface area contributed by atoms with E-state index in [-0.39, 0.29) is 0 Å². The second-order valence-corrected chi connectivity index (χ2v) is 3.53. The van der Waals surface area contributed by atoms with Gasteiger partial charge in [0.1, 0.15) is 5.52 Å². The number of rotatable bonds is 1. The van der Waals surface area contributed by atoms with E-state index >= 15 is 0 Å². The first kappa shape index (κ1) is 8.93. The van der Waals surface area contributed by atoms with E-state index in [9.17, 15) is 0 Å². The third kappa shape index (κ3) is 1.21. The molecule has 14 heavy (non-hydrogen) atoms. The number of imidazole rings is 1. The van der Waals surface area contributed by atoms with Gasteiger partial charge >= 0.3 is 0 Å². The summed E-state index contributed by atoms with van der Waals surface area (Å²) in [6.07, 6.45) is 1.76. The molecule has 2 rings (SSSR count). The maximum atomic E-state index is 4.41. The third-order valence-corrected chi connectivity index (χ3v) is 2.12. The van der Waals surface area contributed by atoms with Crippen molar-refractivity contribution in [3.63, 3.8) is 0 Å². The Morgan fingerprint density at radius 2 is 2.00 bits per heavy atom. The normalized spacial score (nSPS) is 10.9. The van der Waals surface area contributed by atoms with Crippen molar-refractivity contribution < 1.29 is 0 Å². The van der Waals surface area contributed by atoms with Crippen LogP contribution in [0.4, 0.5) is 5.95 Å². The van der Waals surface area contributed by atoms with E-state index in [1.807, 2.05) is 37.5 Å². The maximum absolute atomic E-state index is 4.41. The molecule has 0 amide bonds. The van der Waals surface area contributed by atoms with Gasteiger partial charge in [-0.05, 0) is 6.92 Å². The first-order valence-electron chi connectivity index (χ1n) is 4.42. The van der Waals surface area contributed by atoms with Gasteiger partial charge in [-0.1, -0.05) is 0 Å². The van der Waals surface area contributed by atoms with Crippen LogP contribution in [0.3, 0.4) is 0 Å². The predicted molar refractivity (Wildman–Crippen MR) is 55.4 cm³/mol. The fraction of sp³-hybridized carbons (Fsp3) is 0.444. The van der Waals surface area contributed by atoms with Gasteiger partial charge in [0.05, 0.1) is 12.0 Å². The molecule has 5 nitrogen and oxygen atoms in total. The number of aryl methyl sites for hydroxylation is 2. The van der Waals surface area contributed by atoms with E-state index in [0.29, 0.717) is 0 Å². The van der Waals surface area contributed by atoms with E-state index in [4.69, 9.17) is 0 Å². The highest BCUT2D eigenvalue weighted by Crippen LogP contribution is 2.15. The molecule has 5 heteroatoms. The molecule has 0 aliphatic rings. The molecule has 0 unspecified atom stereocenters. The fourth-order valence-electron chi connectivity index (χ4n) is 1.33. The first-order chi connectivity index (χ1) is 6.59. The van der Waals surface area contributed by atoms with Crippen LogP contribution in [0.25, 0.3) is 11.2 Å². The lowest BCUT2D eigenvalue weighted by atomic mass is 10.4. The fourth-order valence-corrected chi connectivity index (χ4v) is 1.33. The summed E-state index contributed by atoms with van der Waals surface area (Å²) in [5.74, 6) is 0.721. The molecule has 0 N–H and O–H groups in total. The zero-order chi connectivity index (χ0) is 10.3. The molecular weight excluding hydrogens is 178 g/mol. The van der Waals surface area contributed by atoms with Crippen LogP contribution in [0.5, 0.6) is 0 Å². The maximum Gasteiger partial charge on any atom is 0.227 e. The molecule has 0 aliphatic carbocycles. The molecule has 0 aromatic carbocycles. The Morgan fingerprint density at radius 3 is 2.64 bits per heavy atom.